The zero-order valence-electron chi connectivity index (χ0n) is 26.0. The Labute approximate surface area is 255 Å². The van der Waals surface area contributed by atoms with Crippen LogP contribution in [0.4, 0.5) is 0 Å². The van der Waals surface area contributed by atoms with Gasteiger partial charge in [0.05, 0.1) is 51.0 Å². The van der Waals surface area contributed by atoms with Crippen molar-refractivity contribution in [1.29, 1.82) is 0 Å². The van der Waals surface area contributed by atoms with Gasteiger partial charge in [0.2, 0.25) is 20.0 Å². The van der Waals surface area contributed by atoms with Crippen LogP contribution in [0.25, 0.3) is 0 Å². The molecular weight excluding hydrogens is 604 g/mol. The summed E-state index contributed by atoms with van der Waals surface area (Å²) in [6, 6.07) is -2.04. The van der Waals surface area contributed by atoms with E-state index in [1.807, 2.05) is 13.8 Å². The van der Waals surface area contributed by atoms with Gasteiger partial charge in [0, 0.05) is 48.6 Å². The maximum absolute atomic E-state index is 11.9. The van der Waals surface area contributed by atoms with Gasteiger partial charge in [0.1, 0.15) is 0 Å². The van der Waals surface area contributed by atoms with Gasteiger partial charge in [-0.3, -0.25) is 0 Å². The van der Waals surface area contributed by atoms with Gasteiger partial charge >= 0.3 is 11.9 Å². The molecule has 0 aliphatic heterocycles. The molecule has 2 rings (SSSR count). The predicted octanol–water partition coefficient (Wildman–Crippen LogP) is 0.224. The van der Waals surface area contributed by atoms with Crippen molar-refractivity contribution in [1.82, 2.24) is 14.8 Å². The lowest BCUT2D eigenvalue weighted by Gasteiger charge is -2.37. The van der Waals surface area contributed by atoms with E-state index in [0.29, 0.717) is 36.5 Å². The second-order valence-electron chi connectivity index (χ2n) is 10.5. The molecule has 5 N–H and O–H groups in total. The molecule has 0 aromatic rings. The highest BCUT2D eigenvalue weighted by molar-refractivity contribution is 7.89. The summed E-state index contributed by atoms with van der Waals surface area (Å²) >= 11 is 0. The molecule has 6 atom stereocenters. The number of allylic oxidation sites excluding steroid dienone is 1. The van der Waals surface area contributed by atoms with E-state index >= 15 is 0 Å². The lowest BCUT2D eigenvalue weighted by atomic mass is 9.88. The Balaban J connectivity index is 0.000000434. The fraction of sp³-hybridized carbons (Fsp3) is 0.704. The van der Waals surface area contributed by atoms with Gasteiger partial charge in [-0.15, -0.1) is 0 Å². The molecule has 0 bridgehead atoms. The molecule has 0 saturated carbocycles. The summed E-state index contributed by atoms with van der Waals surface area (Å²) in [5, 5.41) is 3.12. The summed E-state index contributed by atoms with van der Waals surface area (Å²) in [7, 11) is -4.25. The number of nitrogens with two attached hydrogens (primary N) is 1. The highest BCUT2D eigenvalue weighted by atomic mass is 32.2. The maximum Gasteiger partial charge on any atom is 0.333 e. The van der Waals surface area contributed by atoms with Crippen LogP contribution < -0.4 is 20.5 Å². The Morgan fingerprint density at radius 1 is 0.860 bits per heavy atom. The van der Waals surface area contributed by atoms with Crippen LogP contribution in [-0.4, -0.2) is 105 Å². The van der Waals surface area contributed by atoms with E-state index < -0.39 is 62.3 Å². The minimum atomic E-state index is -3.44. The molecule has 16 heteroatoms. The summed E-state index contributed by atoms with van der Waals surface area (Å²) in [4.78, 5) is 23.5. The lowest BCUT2D eigenvalue weighted by molar-refractivity contribution is -0.137. The first-order valence-corrected chi connectivity index (χ1v) is 17.7. The molecule has 0 spiro atoms. The number of hydrogen-bond acceptors (Lipinski definition) is 12. The average molecular weight is 653 g/mol. The number of carbonyl (C=O) groups excluding carboxylic acids is 2. The first-order chi connectivity index (χ1) is 20.0. The van der Waals surface area contributed by atoms with Crippen LogP contribution in [0, 0.1) is 0 Å². The van der Waals surface area contributed by atoms with Crippen LogP contribution in [0.3, 0.4) is 0 Å². The number of sulfonamides is 2. The van der Waals surface area contributed by atoms with Crippen molar-refractivity contribution in [2.75, 3.05) is 39.9 Å². The van der Waals surface area contributed by atoms with Crippen LogP contribution in [0.15, 0.2) is 35.6 Å². The fourth-order valence-electron chi connectivity index (χ4n) is 4.59. The Morgan fingerprint density at radius 2 is 1.28 bits per heavy atom. The molecule has 248 valence electrons. The number of carbonyl (C=O) groups is 2. The van der Waals surface area contributed by atoms with E-state index in [0.717, 1.165) is 25.4 Å². The normalized spacial score (nSPS) is 25.8. The number of nitrogens with one attached hydrogen (secondary N) is 3. The molecule has 2 aliphatic carbocycles. The zero-order valence-corrected chi connectivity index (χ0v) is 27.7. The number of methoxy groups -OCH3 is 2. The molecular formula is C27H48N4O10S2. The summed E-state index contributed by atoms with van der Waals surface area (Å²) in [6.45, 7) is 10.4. The zero-order chi connectivity index (χ0) is 33.0. The van der Waals surface area contributed by atoms with E-state index in [1.165, 1.54) is 14.2 Å². The van der Waals surface area contributed by atoms with Crippen molar-refractivity contribution in [3.63, 3.8) is 0 Å². The van der Waals surface area contributed by atoms with E-state index in [2.05, 4.69) is 26.1 Å². The quantitative estimate of drug-likeness (QED) is 0.186. The Bertz CT molecular complexity index is 1230. The first kappa shape index (κ1) is 38.7. The minimum Gasteiger partial charge on any atom is -0.466 e. The monoisotopic (exact) mass is 652 g/mol. The van der Waals surface area contributed by atoms with Crippen molar-refractivity contribution in [3.05, 3.63) is 35.6 Å². The van der Waals surface area contributed by atoms with Crippen molar-refractivity contribution < 1.29 is 45.4 Å². The molecule has 0 aromatic heterocycles. The second-order valence-corrected chi connectivity index (χ2v) is 14.0. The van der Waals surface area contributed by atoms with Gasteiger partial charge in [0.15, 0.2) is 0 Å². The third-order valence-electron chi connectivity index (χ3n) is 6.29. The lowest BCUT2D eigenvalue weighted by Crippen LogP contribution is -2.57. The van der Waals surface area contributed by atoms with Gasteiger partial charge in [-0.25, -0.2) is 35.9 Å². The van der Waals surface area contributed by atoms with Crippen LogP contribution in [0.5, 0.6) is 0 Å². The number of esters is 2. The van der Waals surface area contributed by atoms with Crippen LogP contribution in [0.1, 0.15) is 46.5 Å². The predicted molar refractivity (Wildman–Crippen MR) is 163 cm³/mol. The fourth-order valence-corrected chi connectivity index (χ4v) is 6.19. The SMILES string of the molecule is C=C(C)NC1CC(C(=O)OC)=CC(OCCC)C1NS(C)(=O)=O.CCCOC1C=C(C(=O)OC)CC(N)C1NS(C)(=O)=O. The average Bonchev–Trinajstić information content (AvgIpc) is 2.91. The maximum atomic E-state index is 11.9. The van der Waals surface area contributed by atoms with Crippen LogP contribution in [-0.2, 0) is 48.6 Å². The van der Waals surface area contributed by atoms with Gasteiger partial charge in [-0.05, 0) is 38.3 Å². The van der Waals surface area contributed by atoms with Crippen LogP contribution in [0.2, 0.25) is 0 Å². The summed E-state index contributed by atoms with van der Waals surface area (Å²) in [5.74, 6) is -0.912. The molecule has 0 amide bonds. The molecule has 0 radical (unpaired) electrons. The topological polar surface area (TPSA) is 201 Å². The molecule has 0 saturated heterocycles. The number of hydrogen-bond donors (Lipinski definition) is 4. The molecule has 43 heavy (non-hydrogen) atoms. The molecule has 2 aliphatic rings. The van der Waals surface area contributed by atoms with E-state index in [4.69, 9.17) is 19.9 Å². The molecule has 0 aromatic carbocycles. The molecule has 0 fully saturated rings. The van der Waals surface area contributed by atoms with Crippen molar-refractivity contribution in [3.8, 4) is 0 Å². The standard InChI is InChI=1S/C15H26N2O5S.C12H22N2O5S/c1-6-7-22-13-9-11(15(18)21-4)8-12(16-10(2)3)14(13)17-23(5,19)20;1-4-5-19-10-7-8(12(15)18-2)6-9(13)11(10)14-20(3,16)17/h9,12-14,16-17H,2,6-8H2,1,3-5H3;7,9-11,14H,4-6,13H2,1-3H3. The second kappa shape index (κ2) is 17.8. The van der Waals surface area contributed by atoms with Gasteiger partial charge in [-0.1, -0.05) is 20.4 Å². The van der Waals surface area contributed by atoms with Crippen LogP contribution >= 0.6 is 0 Å². The molecule has 14 nitrogen and oxygen atoms in total. The summed E-state index contributed by atoms with van der Waals surface area (Å²) in [5.41, 5.74) is 7.52. The molecule has 0 heterocycles. The Kier molecular flexibility index (Phi) is 16.0. The Hall–Kier alpha value is -2.34. The summed E-state index contributed by atoms with van der Waals surface area (Å²) < 4.78 is 72.0. The first-order valence-electron chi connectivity index (χ1n) is 13.9. The number of rotatable bonds is 14. The number of ether oxygens (including phenoxy) is 4. The van der Waals surface area contributed by atoms with E-state index in [1.54, 1.807) is 19.1 Å². The van der Waals surface area contributed by atoms with Gasteiger partial charge < -0.3 is 30.0 Å². The largest absolute Gasteiger partial charge is 0.466 e. The molecule has 6 unspecified atom stereocenters. The van der Waals surface area contributed by atoms with E-state index in [-0.39, 0.29) is 12.5 Å². The minimum absolute atomic E-state index is 0.242. The Morgan fingerprint density at radius 3 is 1.67 bits per heavy atom. The van der Waals surface area contributed by atoms with Crippen molar-refractivity contribution in [2.24, 2.45) is 5.73 Å². The van der Waals surface area contributed by atoms with Crippen molar-refractivity contribution in [2.45, 2.75) is 82.8 Å². The highest BCUT2D eigenvalue weighted by Crippen LogP contribution is 2.25. The third-order valence-corrected chi connectivity index (χ3v) is 7.69. The van der Waals surface area contributed by atoms with Gasteiger partial charge in [-0.2, -0.15) is 0 Å². The van der Waals surface area contributed by atoms with Gasteiger partial charge in [0.25, 0.3) is 0 Å². The summed E-state index contributed by atoms with van der Waals surface area (Å²) in [6.07, 6.45) is 6.36. The van der Waals surface area contributed by atoms with E-state index in [9.17, 15) is 26.4 Å². The smallest absolute Gasteiger partial charge is 0.333 e. The van der Waals surface area contributed by atoms with Crippen molar-refractivity contribution >= 4 is 32.0 Å². The third kappa shape index (κ3) is 13.9. The highest BCUT2D eigenvalue weighted by Gasteiger charge is 2.38.